The maximum Gasteiger partial charge on any atom is 0.246 e. The molecule has 2 amide bonds. The van der Waals surface area contributed by atoms with E-state index in [-0.39, 0.29) is 23.9 Å². The molecule has 1 saturated carbocycles. The lowest BCUT2D eigenvalue weighted by molar-refractivity contribution is -0.190. The second-order valence-electron chi connectivity index (χ2n) is 9.01. The molecule has 1 aromatic rings. The number of piperazine rings is 1. The summed E-state index contributed by atoms with van der Waals surface area (Å²) in [5.74, 6) is 0.415. The number of hydrogen-bond donors (Lipinski definition) is 0. The maximum absolute atomic E-state index is 13.5. The number of likely N-dealkylation sites (tertiary alicyclic amines) is 1. The summed E-state index contributed by atoms with van der Waals surface area (Å²) in [6, 6.07) is 10.4. The molecule has 1 spiro atoms. The molecule has 28 heavy (non-hydrogen) atoms. The Hall–Kier alpha value is -1.88. The zero-order valence-corrected chi connectivity index (χ0v) is 17.3. The van der Waals surface area contributed by atoms with Gasteiger partial charge in [0.05, 0.1) is 5.41 Å². The van der Waals surface area contributed by atoms with Crippen molar-refractivity contribution in [2.24, 2.45) is 5.41 Å². The molecule has 1 atom stereocenters. The van der Waals surface area contributed by atoms with Crippen LogP contribution in [0.5, 0.6) is 0 Å². The number of benzene rings is 1. The van der Waals surface area contributed by atoms with Gasteiger partial charge in [0.2, 0.25) is 11.8 Å². The third kappa shape index (κ3) is 3.34. The normalized spacial score (nSPS) is 25.2. The van der Waals surface area contributed by atoms with Gasteiger partial charge < -0.3 is 9.80 Å². The minimum atomic E-state index is -0.402. The molecule has 5 heteroatoms. The van der Waals surface area contributed by atoms with Crippen molar-refractivity contribution in [3.63, 3.8) is 0 Å². The van der Waals surface area contributed by atoms with E-state index in [0.717, 1.165) is 58.4 Å². The monoisotopic (exact) mass is 383 g/mol. The smallest absolute Gasteiger partial charge is 0.246 e. The summed E-state index contributed by atoms with van der Waals surface area (Å²) in [7, 11) is 0. The van der Waals surface area contributed by atoms with Gasteiger partial charge in [-0.3, -0.25) is 14.5 Å². The van der Waals surface area contributed by atoms with Crippen molar-refractivity contribution in [1.82, 2.24) is 14.7 Å². The number of carbonyl (C=O) groups excluding carboxylic acids is 2. The zero-order chi connectivity index (χ0) is 19.7. The third-order valence-electron chi connectivity index (χ3n) is 6.93. The van der Waals surface area contributed by atoms with Gasteiger partial charge in [0, 0.05) is 38.8 Å². The van der Waals surface area contributed by atoms with Gasteiger partial charge in [-0.25, -0.2) is 0 Å². The van der Waals surface area contributed by atoms with Crippen molar-refractivity contribution in [2.45, 2.75) is 64.6 Å². The Kier molecular flexibility index (Phi) is 5.46. The number of hydrogen-bond acceptors (Lipinski definition) is 3. The van der Waals surface area contributed by atoms with Gasteiger partial charge >= 0.3 is 0 Å². The highest BCUT2D eigenvalue weighted by atomic mass is 16.2. The first-order valence-electron chi connectivity index (χ1n) is 10.9. The first-order chi connectivity index (χ1) is 13.5. The number of amides is 2. The predicted octanol–water partition coefficient (Wildman–Crippen LogP) is 2.90. The summed E-state index contributed by atoms with van der Waals surface area (Å²) < 4.78 is 0. The van der Waals surface area contributed by atoms with Crippen molar-refractivity contribution < 1.29 is 9.59 Å². The molecular formula is C23H33N3O2. The molecule has 1 unspecified atom stereocenters. The van der Waals surface area contributed by atoms with Gasteiger partial charge in [0.1, 0.15) is 6.04 Å². The van der Waals surface area contributed by atoms with Crippen LogP contribution in [0.4, 0.5) is 0 Å². The molecule has 2 aliphatic heterocycles. The SMILES string of the molecule is CC(C)N1C(=O)C2(CCCCC2)C1C(=O)N1CCN(Cc2ccccc2)CC1. The average molecular weight is 384 g/mol. The van der Waals surface area contributed by atoms with Crippen molar-refractivity contribution in [1.29, 1.82) is 0 Å². The van der Waals surface area contributed by atoms with E-state index in [9.17, 15) is 9.59 Å². The van der Waals surface area contributed by atoms with Crippen LogP contribution in [-0.2, 0) is 16.1 Å². The Morgan fingerprint density at radius 2 is 1.68 bits per heavy atom. The molecule has 1 aromatic carbocycles. The molecule has 1 aliphatic carbocycles. The van der Waals surface area contributed by atoms with Crippen LogP contribution in [0.15, 0.2) is 30.3 Å². The fourth-order valence-electron chi connectivity index (χ4n) is 5.39. The largest absolute Gasteiger partial charge is 0.338 e. The Morgan fingerprint density at radius 3 is 2.29 bits per heavy atom. The van der Waals surface area contributed by atoms with Gasteiger partial charge in [-0.2, -0.15) is 0 Å². The summed E-state index contributed by atoms with van der Waals surface area (Å²) in [4.78, 5) is 32.8. The molecule has 5 nitrogen and oxygen atoms in total. The van der Waals surface area contributed by atoms with Crippen LogP contribution in [0.25, 0.3) is 0 Å². The molecule has 152 valence electrons. The fraction of sp³-hybridized carbons (Fsp3) is 0.652. The fourth-order valence-corrected chi connectivity index (χ4v) is 5.39. The summed E-state index contributed by atoms with van der Waals surface area (Å²) in [5, 5.41) is 0. The molecule has 4 rings (SSSR count). The van der Waals surface area contributed by atoms with E-state index in [1.54, 1.807) is 0 Å². The van der Waals surface area contributed by atoms with Crippen LogP contribution in [0.1, 0.15) is 51.5 Å². The summed E-state index contributed by atoms with van der Waals surface area (Å²) in [5.41, 5.74) is 0.917. The lowest BCUT2D eigenvalue weighted by atomic mass is 9.61. The van der Waals surface area contributed by atoms with Crippen molar-refractivity contribution in [3.8, 4) is 0 Å². The van der Waals surface area contributed by atoms with Gasteiger partial charge in [-0.05, 0) is 32.3 Å². The standard InChI is InChI=1S/C23H33N3O2/c1-18(2)26-20(23(22(26)28)11-7-4-8-12-23)21(27)25-15-13-24(14-16-25)17-19-9-5-3-6-10-19/h3,5-6,9-10,18,20H,4,7-8,11-17H2,1-2H3. The summed E-state index contributed by atoms with van der Waals surface area (Å²) >= 11 is 0. The minimum Gasteiger partial charge on any atom is -0.338 e. The summed E-state index contributed by atoms with van der Waals surface area (Å²) in [6.07, 6.45) is 5.12. The van der Waals surface area contributed by atoms with Gasteiger partial charge in [0.15, 0.2) is 0 Å². The number of nitrogens with zero attached hydrogens (tertiary/aromatic N) is 3. The van der Waals surface area contributed by atoms with Crippen LogP contribution in [0, 0.1) is 5.41 Å². The Labute approximate surface area is 168 Å². The van der Waals surface area contributed by atoms with Gasteiger partial charge in [-0.1, -0.05) is 49.6 Å². The van der Waals surface area contributed by atoms with Crippen molar-refractivity contribution in [3.05, 3.63) is 35.9 Å². The van der Waals surface area contributed by atoms with E-state index in [1.807, 2.05) is 29.7 Å². The average Bonchev–Trinajstić information content (AvgIpc) is 2.72. The van der Waals surface area contributed by atoms with Crippen LogP contribution >= 0.6 is 0 Å². The van der Waals surface area contributed by atoms with Crippen LogP contribution in [0.2, 0.25) is 0 Å². The predicted molar refractivity (Wildman–Crippen MR) is 110 cm³/mol. The Morgan fingerprint density at radius 1 is 1.04 bits per heavy atom. The Bertz CT molecular complexity index is 704. The molecule has 0 radical (unpaired) electrons. The molecule has 2 heterocycles. The first-order valence-corrected chi connectivity index (χ1v) is 10.9. The van der Waals surface area contributed by atoms with E-state index in [1.165, 1.54) is 12.0 Å². The van der Waals surface area contributed by atoms with E-state index >= 15 is 0 Å². The minimum absolute atomic E-state index is 0.0911. The molecule has 0 N–H and O–H groups in total. The first kappa shape index (κ1) is 19.4. The van der Waals surface area contributed by atoms with Crippen LogP contribution in [0.3, 0.4) is 0 Å². The zero-order valence-electron chi connectivity index (χ0n) is 17.3. The van der Waals surface area contributed by atoms with Gasteiger partial charge in [-0.15, -0.1) is 0 Å². The van der Waals surface area contributed by atoms with Gasteiger partial charge in [0.25, 0.3) is 0 Å². The van der Waals surface area contributed by atoms with Crippen molar-refractivity contribution in [2.75, 3.05) is 26.2 Å². The second kappa shape index (κ2) is 7.86. The van der Waals surface area contributed by atoms with E-state index < -0.39 is 5.41 Å². The number of β-lactam (4-membered cyclic amide) rings is 1. The lowest BCUT2D eigenvalue weighted by Gasteiger charge is -2.59. The topological polar surface area (TPSA) is 43.9 Å². The lowest BCUT2D eigenvalue weighted by Crippen LogP contribution is -2.75. The molecule has 3 fully saturated rings. The van der Waals surface area contributed by atoms with E-state index in [4.69, 9.17) is 0 Å². The van der Waals surface area contributed by atoms with Crippen LogP contribution in [-0.4, -0.2) is 64.8 Å². The maximum atomic E-state index is 13.5. The summed E-state index contributed by atoms with van der Waals surface area (Å²) in [6.45, 7) is 8.33. The molecular weight excluding hydrogens is 350 g/mol. The second-order valence-corrected chi connectivity index (χ2v) is 9.01. The molecule has 0 bridgehead atoms. The highest BCUT2D eigenvalue weighted by Crippen LogP contribution is 2.51. The molecule has 2 saturated heterocycles. The Balaban J connectivity index is 1.41. The highest BCUT2D eigenvalue weighted by Gasteiger charge is 2.64. The van der Waals surface area contributed by atoms with Crippen LogP contribution < -0.4 is 0 Å². The number of rotatable bonds is 4. The molecule has 0 aromatic heterocycles. The molecule has 3 aliphatic rings. The highest BCUT2D eigenvalue weighted by molar-refractivity contribution is 6.02. The van der Waals surface area contributed by atoms with E-state index in [0.29, 0.717) is 0 Å². The number of carbonyl (C=O) groups is 2. The quantitative estimate of drug-likeness (QED) is 0.751. The van der Waals surface area contributed by atoms with Crippen molar-refractivity contribution >= 4 is 11.8 Å². The van der Waals surface area contributed by atoms with E-state index in [2.05, 4.69) is 29.2 Å². The third-order valence-corrected chi connectivity index (χ3v) is 6.93.